The van der Waals surface area contributed by atoms with Gasteiger partial charge in [0.2, 0.25) is 0 Å². The fourth-order valence-electron chi connectivity index (χ4n) is 4.34. The summed E-state index contributed by atoms with van der Waals surface area (Å²) < 4.78 is 0. The molecule has 2 rings (SSSR count). The van der Waals surface area contributed by atoms with Crippen LogP contribution in [0.15, 0.2) is 24.4 Å². The molecule has 0 atom stereocenters. The van der Waals surface area contributed by atoms with Crippen molar-refractivity contribution in [3.05, 3.63) is 57.9 Å². The minimum absolute atomic E-state index is 0.0154. The monoisotopic (exact) mass is 515 g/mol. The number of benzene rings is 1. The summed E-state index contributed by atoms with van der Waals surface area (Å²) in [5.41, 5.74) is 8.09. The molecule has 2 amide bonds. The molecule has 0 aliphatic carbocycles. The highest BCUT2D eigenvalue weighted by Crippen LogP contribution is 2.28. The summed E-state index contributed by atoms with van der Waals surface area (Å²) in [5.74, 6) is 3.76. The number of pyridine rings is 1. The number of thioether (sulfide) groups is 2. The number of rotatable bonds is 15. The van der Waals surface area contributed by atoms with Crippen LogP contribution in [0.3, 0.4) is 0 Å². The highest BCUT2D eigenvalue weighted by molar-refractivity contribution is 7.98. The molecule has 0 spiro atoms. The number of hydrogen-bond donors (Lipinski definition) is 1. The van der Waals surface area contributed by atoms with Crippen LogP contribution in [-0.4, -0.2) is 34.0 Å². The molecule has 2 aromatic rings. The van der Waals surface area contributed by atoms with Crippen molar-refractivity contribution in [2.75, 3.05) is 23.4 Å². The first-order chi connectivity index (χ1) is 16.9. The van der Waals surface area contributed by atoms with Crippen LogP contribution in [0.4, 0.5) is 10.5 Å². The van der Waals surface area contributed by atoms with E-state index in [-0.39, 0.29) is 6.03 Å². The van der Waals surface area contributed by atoms with Crippen molar-refractivity contribution < 1.29 is 4.79 Å². The third-order valence-electron chi connectivity index (χ3n) is 6.26. The average molecular weight is 516 g/mol. The Morgan fingerprint density at radius 1 is 0.943 bits per heavy atom. The smallest absolute Gasteiger partial charge is 0.320 e. The quantitative estimate of drug-likeness (QED) is 0.241. The zero-order valence-electron chi connectivity index (χ0n) is 22.7. The first-order valence-electron chi connectivity index (χ1n) is 13.2. The number of nitrogens with zero attached hydrogens (tertiary/aromatic N) is 2. The zero-order valence-corrected chi connectivity index (χ0v) is 24.3. The molecule has 1 N–H and O–H groups in total. The maximum absolute atomic E-state index is 13.8. The van der Waals surface area contributed by atoms with E-state index in [1.165, 1.54) is 41.5 Å². The Hall–Kier alpha value is -1.66. The second kappa shape index (κ2) is 16.2. The van der Waals surface area contributed by atoms with Crippen LogP contribution in [0, 0.1) is 20.8 Å². The SMILES string of the molecule is CCCCCCCN(Cc1c(C)cc(C)cc1C)C(=O)Nc1c(CSCC)ccnc1CSCC. The summed E-state index contributed by atoms with van der Waals surface area (Å²) in [5, 5.41) is 3.32. The van der Waals surface area contributed by atoms with Crippen LogP contribution in [0.1, 0.15) is 86.4 Å². The van der Waals surface area contributed by atoms with Crippen molar-refractivity contribution in [3.8, 4) is 0 Å². The number of aromatic nitrogens is 1. The Morgan fingerprint density at radius 3 is 2.26 bits per heavy atom. The maximum atomic E-state index is 13.8. The van der Waals surface area contributed by atoms with E-state index in [1.807, 2.05) is 34.6 Å². The molecular formula is C29H45N3OS2. The summed E-state index contributed by atoms with van der Waals surface area (Å²) >= 11 is 3.71. The van der Waals surface area contributed by atoms with Crippen LogP contribution >= 0.6 is 23.5 Å². The molecular weight excluding hydrogens is 470 g/mol. The molecule has 4 nitrogen and oxygen atoms in total. The lowest BCUT2D eigenvalue weighted by Crippen LogP contribution is -2.36. The first kappa shape index (κ1) is 29.6. The zero-order chi connectivity index (χ0) is 25.6. The number of nitrogens with one attached hydrogen (secondary N) is 1. The van der Waals surface area contributed by atoms with Gasteiger partial charge in [-0.15, -0.1) is 0 Å². The third-order valence-corrected chi connectivity index (χ3v) is 8.07. The fraction of sp³-hybridized carbons (Fsp3) is 0.586. The van der Waals surface area contributed by atoms with Gasteiger partial charge in [0.25, 0.3) is 0 Å². The first-order valence-corrected chi connectivity index (χ1v) is 15.5. The Balaban J connectivity index is 2.30. The molecule has 0 saturated carbocycles. The van der Waals surface area contributed by atoms with E-state index in [1.54, 1.807) is 0 Å². The van der Waals surface area contributed by atoms with Gasteiger partial charge in [-0.25, -0.2) is 4.79 Å². The highest BCUT2D eigenvalue weighted by atomic mass is 32.2. The fourth-order valence-corrected chi connectivity index (χ4v) is 5.62. The standard InChI is InChI=1S/C29H45N3OS2/c1-7-10-11-12-13-16-32(19-26-23(5)17-22(4)18-24(26)6)29(33)31-28-25(20-34-8-2)14-15-30-27(28)21-35-9-3/h14-15,17-18H,7-13,16,19-21H2,1-6H3,(H,31,33). The molecule has 194 valence electrons. The average Bonchev–Trinajstić information content (AvgIpc) is 2.83. The largest absolute Gasteiger partial charge is 0.322 e. The Kier molecular flexibility index (Phi) is 13.6. The molecule has 0 fully saturated rings. The summed E-state index contributed by atoms with van der Waals surface area (Å²) in [4.78, 5) is 20.4. The minimum atomic E-state index is -0.0154. The lowest BCUT2D eigenvalue weighted by atomic mass is 9.99. The Morgan fingerprint density at radius 2 is 1.60 bits per heavy atom. The number of carbonyl (C=O) groups excluding carboxylic acids is 1. The predicted octanol–water partition coefficient (Wildman–Crippen LogP) is 8.52. The van der Waals surface area contributed by atoms with Gasteiger partial charge in [-0.1, -0.05) is 64.2 Å². The number of urea groups is 1. The lowest BCUT2D eigenvalue weighted by molar-refractivity contribution is 0.207. The van der Waals surface area contributed by atoms with E-state index in [4.69, 9.17) is 0 Å². The van der Waals surface area contributed by atoms with Gasteiger partial charge >= 0.3 is 6.03 Å². The van der Waals surface area contributed by atoms with Gasteiger partial charge in [-0.2, -0.15) is 23.5 Å². The van der Waals surface area contributed by atoms with Gasteiger partial charge in [0, 0.05) is 30.8 Å². The number of hydrogen-bond acceptors (Lipinski definition) is 4. The van der Waals surface area contributed by atoms with Crippen LogP contribution < -0.4 is 5.32 Å². The molecule has 0 aliphatic rings. The van der Waals surface area contributed by atoms with Gasteiger partial charge in [-0.3, -0.25) is 4.98 Å². The van der Waals surface area contributed by atoms with Gasteiger partial charge in [0.05, 0.1) is 11.4 Å². The molecule has 6 heteroatoms. The second-order valence-corrected chi connectivity index (χ2v) is 11.8. The van der Waals surface area contributed by atoms with E-state index in [0.29, 0.717) is 6.54 Å². The van der Waals surface area contributed by atoms with Crippen molar-refractivity contribution in [2.24, 2.45) is 0 Å². The number of unbranched alkanes of at least 4 members (excludes halogenated alkanes) is 4. The topological polar surface area (TPSA) is 45.2 Å². The van der Waals surface area contributed by atoms with Crippen LogP contribution in [0.2, 0.25) is 0 Å². The molecule has 0 radical (unpaired) electrons. The third kappa shape index (κ3) is 9.72. The minimum Gasteiger partial charge on any atom is -0.320 e. The van der Waals surface area contributed by atoms with Crippen molar-refractivity contribution in [1.29, 1.82) is 0 Å². The van der Waals surface area contributed by atoms with Gasteiger partial charge in [0.15, 0.2) is 0 Å². The van der Waals surface area contributed by atoms with Crippen molar-refractivity contribution in [3.63, 3.8) is 0 Å². The van der Waals surface area contributed by atoms with Gasteiger partial charge < -0.3 is 10.2 Å². The molecule has 1 aromatic heterocycles. The summed E-state index contributed by atoms with van der Waals surface area (Å²) in [6.45, 7) is 14.4. The van der Waals surface area contributed by atoms with Crippen LogP contribution in [-0.2, 0) is 18.1 Å². The molecule has 0 saturated heterocycles. The van der Waals surface area contributed by atoms with Crippen molar-refractivity contribution in [1.82, 2.24) is 9.88 Å². The molecule has 0 bridgehead atoms. The Bertz CT molecular complexity index is 883. The van der Waals surface area contributed by atoms with Crippen LogP contribution in [0.5, 0.6) is 0 Å². The predicted molar refractivity (Wildman–Crippen MR) is 157 cm³/mol. The summed E-state index contributed by atoms with van der Waals surface area (Å²) in [6, 6.07) is 6.49. The normalized spacial score (nSPS) is 11.0. The molecule has 1 heterocycles. The molecule has 35 heavy (non-hydrogen) atoms. The van der Waals surface area contributed by atoms with E-state index in [2.05, 4.69) is 70.0 Å². The van der Waals surface area contributed by atoms with Gasteiger partial charge in [0.1, 0.15) is 0 Å². The van der Waals surface area contributed by atoms with Gasteiger partial charge in [-0.05, 0) is 67.0 Å². The second-order valence-electron chi connectivity index (χ2n) is 9.21. The van der Waals surface area contributed by atoms with E-state index in [0.717, 1.165) is 59.3 Å². The van der Waals surface area contributed by atoms with Crippen molar-refractivity contribution >= 4 is 35.2 Å². The maximum Gasteiger partial charge on any atom is 0.322 e. The molecule has 1 aromatic carbocycles. The number of aryl methyl sites for hydroxylation is 3. The molecule has 0 unspecified atom stereocenters. The summed E-state index contributed by atoms with van der Waals surface area (Å²) in [6.07, 6.45) is 7.79. The summed E-state index contributed by atoms with van der Waals surface area (Å²) in [7, 11) is 0. The van der Waals surface area contributed by atoms with E-state index >= 15 is 0 Å². The van der Waals surface area contributed by atoms with Crippen LogP contribution in [0.25, 0.3) is 0 Å². The Labute approximate surface area is 222 Å². The van der Waals surface area contributed by atoms with Crippen molar-refractivity contribution in [2.45, 2.75) is 91.7 Å². The number of carbonyl (C=O) groups is 1. The molecule has 0 aliphatic heterocycles. The number of amides is 2. The van der Waals surface area contributed by atoms with E-state index < -0.39 is 0 Å². The van der Waals surface area contributed by atoms with E-state index in [9.17, 15) is 4.79 Å². The number of anilines is 1. The highest BCUT2D eigenvalue weighted by Gasteiger charge is 2.20. The lowest BCUT2D eigenvalue weighted by Gasteiger charge is -2.26.